The van der Waals surface area contributed by atoms with E-state index in [1.807, 2.05) is 49.4 Å². The second kappa shape index (κ2) is 7.19. The maximum absolute atomic E-state index is 12.4. The number of aromatic amines is 1. The van der Waals surface area contributed by atoms with Crippen LogP contribution >= 0.6 is 0 Å². The van der Waals surface area contributed by atoms with Crippen molar-refractivity contribution in [2.75, 3.05) is 11.1 Å². The number of fused-ring (bicyclic) bond motifs is 1. The average Bonchev–Trinajstić information content (AvgIpc) is 2.65. The molecule has 0 saturated carbocycles. The molecule has 0 bridgehead atoms. The lowest BCUT2D eigenvalue weighted by Crippen LogP contribution is -2.31. The summed E-state index contributed by atoms with van der Waals surface area (Å²) in [6.07, 6.45) is 0.172. The highest BCUT2D eigenvalue weighted by atomic mass is 16.5. The Bertz CT molecular complexity index is 1090. The number of anilines is 2. The van der Waals surface area contributed by atoms with E-state index in [4.69, 9.17) is 10.5 Å². The number of nitrogen functional groups attached to an aromatic ring is 1. The van der Waals surface area contributed by atoms with Gasteiger partial charge in [-0.2, -0.15) is 4.98 Å². The number of ether oxygens (including phenoxy) is 1. The third-order valence-corrected chi connectivity index (χ3v) is 4.74. The average molecular weight is 376 g/mol. The largest absolute Gasteiger partial charge is 0.489 e. The Labute approximate surface area is 161 Å². The number of nitrogens with two attached hydrogens (primary N) is 1. The van der Waals surface area contributed by atoms with Crippen molar-refractivity contribution < 1.29 is 9.53 Å². The molecule has 0 aliphatic carbocycles. The standard InChI is InChI=1S/C21H20N4O3/c1-12-3-2-4-13(9-12)11-28-15-7-5-14(6-8-15)16-10-17(26)23-19-18(16)20(27)25-21(22)24-19/h2-9,16H,10-11H2,1H3,(H4,22,23,24,25,26,27)/t16-/m0/s1. The summed E-state index contributed by atoms with van der Waals surface area (Å²) in [4.78, 5) is 31.0. The summed E-state index contributed by atoms with van der Waals surface area (Å²) in [5, 5.41) is 2.62. The Morgan fingerprint density at radius 2 is 1.96 bits per heavy atom. The smallest absolute Gasteiger partial charge is 0.258 e. The Morgan fingerprint density at radius 1 is 1.18 bits per heavy atom. The van der Waals surface area contributed by atoms with Crippen molar-refractivity contribution >= 4 is 17.7 Å². The van der Waals surface area contributed by atoms with Gasteiger partial charge in [0.15, 0.2) is 0 Å². The summed E-state index contributed by atoms with van der Waals surface area (Å²) < 4.78 is 5.84. The fourth-order valence-electron chi connectivity index (χ4n) is 3.44. The van der Waals surface area contributed by atoms with Gasteiger partial charge in [0.25, 0.3) is 5.56 Å². The number of carbonyl (C=O) groups is 1. The van der Waals surface area contributed by atoms with Gasteiger partial charge >= 0.3 is 0 Å². The second-order valence-electron chi connectivity index (χ2n) is 6.87. The van der Waals surface area contributed by atoms with Crippen LogP contribution in [0.4, 0.5) is 11.8 Å². The summed E-state index contributed by atoms with van der Waals surface area (Å²) in [6, 6.07) is 15.6. The Kier molecular flexibility index (Phi) is 4.57. The summed E-state index contributed by atoms with van der Waals surface area (Å²) in [7, 11) is 0. The van der Waals surface area contributed by atoms with Gasteiger partial charge in [-0.3, -0.25) is 14.6 Å². The van der Waals surface area contributed by atoms with E-state index in [0.717, 1.165) is 16.9 Å². The highest BCUT2D eigenvalue weighted by molar-refractivity contribution is 5.94. The van der Waals surface area contributed by atoms with Crippen LogP contribution in [0.1, 0.15) is 34.6 Å². The van der Waals surface area contributed by atoms with Gasteiger partial charge in [-0.25, -0.2) is 0 Å². The van der Waals surface area contributed by atoms with Gasteiger partial charge in [0.1, 0.15) is 18.2 Å². The number of nitrogens with zero attached hydrogens (tertiary/aromatic N) is 1. The van der Waals surface area contributed by atoms with Crippen LogP contribution < -0.4 is 21.3 Å². The molecule has 0 radical (unpaired) electrons. The first-order valence-electron chi connectivity index (χ1n) is 8.97. The topological polar surface area (TPSA) is 110 Å². The number of benzene rings is 2. The zero-order chi connectivity index (χ0) is 19.7. The van der Waals surface area contributed by atoms with Gasteiger partial charge in [-0.1, -0.05) is 42.0 Å². The predicted octanol–water partition coefficient (Wildman–Crippen LogP) is 2.71. The van der Waals surface area contributed by atoms with E-state index in [1.54, 1.807) is 0 Å². The van der Waals surface area contributed by atoms with Crippen LogP contribution in [-0.4, -0.2) is 15.9 Å². The van der Waals surface area contributed by atoms with E-state index < -0.39 is 0 Å². The lowest BCUT2D eigenvalue weighted by molar-refractivity contribution is -0.116. The van der Waals surface area contributed by atoms with Gasteiger partial charge in [0.2, 0.25) is 11.9 Å². The van der Waals surface area contributed by atoms with Crippen LogP contribution in [0.25, 0.3) is 0 Å². The summed E-state index contributed by atoms with van der Waals surface area (Å²) in [5.41, 5.74) is 8.79. The number of hydrogen-bond acceptors (Lipinski definition) is 5. The quantitative estimate of drug-likeness (QED) is 0.648. The molecule has 1 aliphatic rings. The van der Waals surface area contributed by atoms with Crippen molar-refractivity contribution in [1.82, 2.24) is 9.97 Å². The molecule has 4 rings (SSSR count). The molecule has 7 heteroatoms. The fourth-order valence-corrected chi connectivity index (χ4v) is 3.44. The number of rotatable bonds is 4. The number of amides is 1. The molecule has 3 aromatic rings. The molecular weight excluding hydrogens is 356 g/mol. The van der Waals surface area contributed by atoms with Crippen molar-refractivity contribution in [3.63, 3.8) is 0 Å². The van der Waals surface area contributed by atoms with E-state index in [2.05, 4.69) is 21.4 Å². The molecule has 0 saturated heterocycles. The molecular formula is C21H20N4O3. The summed E-state index contributed by atoms with van der Waals surface area (Å²) in [5.74, 6) is 0.336. The first-order chi connectivity index (χ1) is 13.5. The van der Waals surface area contributed by atoms with Crippen LogP contribution in [0.15, 0.2) is 53.3 Å². The van der Waals surface area contributed by atoms with E-state index >= 15 is 0 Å². The van der Waals surface area contributed by atoms with Crippen molar-refractivity contribution in [3.8, 4) is 5.75 Å². The lowest BCUT2D eigenvalue weighted by atomic mass is 9.87. The maximum atomic E-state index is 12.4. The van der Waals surface area contributed by atoms with Gasteiger partial charge < -0.3 is 15.8 Å². The monoisotopic (exact) mass is 376 g/mol. The minimum atomic E-state index is -0.383. The van der Waals surface area contributed by atoms with Crippen LogP contribution in [0.5, 0.6) is 5.75 Å². The minimum absolute atomic E-state index is 0.0235. The first kappa shape index (κ1) is 17.8. The SMILES string of the molecule is Cc1cccc(COc2ccc([C@@H]3CC(=O)Nc4nc(N)[nH]c(=O)c43)cc2)c1. The molecule has 1 aliphatic heterocycles. The predicted molar refractivity (Wildman–Crippen MR) is 106 cm³/mol. The number of H-pyrrole nitrogens is 1. The van der Waals surface area contributed by atoms with Gasteiger partial charge in [-0.15, -0.1) is 0 Å². The number of hydrogen-bond donors (Lipinski definition) is 3. The second-order valence-corrected chi connectivity index (χ2v) is 6.87. The molecule has 0 fully saturated rings. The molecule has 1 atom stereocenters. The zero-order valence-corrected chi connectivity index (χ0v) is 15.4. The highest BCUT2D eigenvalue weighted by Gasteiger charge is 2.30. The molecule has 0 unspecified atom stereocenters. The Hall–Kier alpha value is -3.61. The Morgan fingerprint density at radius 3 is 2.71 bits per heavy atom. The molecule has 142 valence electrons. The zero-order valence-electron chi connectivity index (χ0n) is 15.4. The van der Waals surface area contributed by atoms with Gasteiger partial charge in [-0.05, 0) is 30.2 Å². The van der Waals surface area contributed by atoms with Crippen LogP contribution in [0.3, 0.4) is 0 Å². The van der Waals surface area contributed by atoms with Crippen molar-refractivity contribution in [2.45, 2.75) is 25.9 Å². The molecule has 2 aromatic carbocycles. The van der Waals surface area contributed by atoms with Crippen molar-refractivity contribution in [1.29, 1.82) is 0 Å². The molecule has 7 nitrogen and oxygen atoms in total. The maximum Gasteiger partial charge on any atom is 0.258 e. The molecule has 2 heterocycles. The van der Waals surface area contributed by atoms with Crippen molar-refractivity contribution in [2.24, 2.45) is 0 Å². The number of aromatic nitrogens is 2. The first-order valence-corrected chi connectivity index (χ1v) is 8.97. The van der Waals surface area contributed by atoms with E-state index in [0.29, 0.717) is 12.2 Å². The minimum Gasteiger partial charge on any atom is -0.489 e. The van der Waals surface area contributed by atoms with E-state index in [1.165, 1.54) is 5.56 Å². The van der Waals surface area contributed by atoms with E-state index in [-0.39, 0.29) is 35.6 Å². The third-order valence-electron chi connectivity index (χ3n) is 4.74. The highest BCUT2D eigenvalue weighted by Crippen LogP contribution is 2.34. The lowest BCUT2D eigenvalue weighted by Gasteiger charge is -2.24. The Balaban J connectivity index is 1.56. The van der Waals surface area contributed by atoms with Crippen LogP contribution in [0.2, 0.25) is 0 Å². The van der Waals surface area contributed by atoms with Gasteiger partial charge in [0, 0.05) is 12.3 Å². The van der Waals surface area contributed by atoms with Crippen molar-refractivity contribution in [3.05, 3.63) is 81.1 Å². The number of nitrogens with one attached hydrogen (secondary N) is 2. The normalized spacial score (nSPS) is 15.6. The van der Waals surface area contributed by atoms with Crippen LogP contribution in [0, 0.1) is 6.92 Å². The summed E-state index contributed by atoms with van der Waals surface area (Å²) >= 11 is 0. The molecule has 1 amide bonds. The van der Waals surface area contributed by atoms with E-state index in [9.17, 15) is 9.59 Å². The number of aryl methyl sites for hydroxylation is 1. The molecule has 1 aromatic heterocycles. The fraction of sp³-hybridized carbons (Fsp3) is 0.190. The van der Waals surface area contributed by atoms with Crippen LogP contribution in [-0.2, 0) is 11.4 Å². The van der Waals surface area contributed by atoms with Gasteiger partial charge in [0.05, 0.1) is 5.56 Å². The molecule has 28 heavy (non-hydrogen) atoms. The number of carbonyl (C=O) groups excluding carboxylic acids is 1. The summed E-state index contributed by atoms with van der Waals surface area (Å²) in [6.45, 7) is 2.51. The third kappa shape index (κ3) is 3.59. The molecule has 4 N–H and O–H groups in total. The molecule has 0 spiro atoms.